The topological polar surface area (TPSA) is 39.7 Å². The van der Waals surface area contributed by atoms with Crippen molar-refractivity contribution in [2.45, 2.75) is 43.4 Å². The van der Waals surface area contributed by atoms with Gasteiger partial charge in [-0.1, -0.05) is 0 Å². The lowest BCUT2D eigenvalue weighted by Crippen LogP contribution is -2.65. The van der Waals surface area contributed by atoms with Crippen molar-refractivity contribution >= 4 is 5.69 Å². The van der Waals surface area contributed by atoms with Gasteiger partial charge in [-0.05, 0) is 49.9 Å². The minimum absolute atomic E-state index is 0.0351. The van der Waals surface area contributed by atoms with Crippen LogP contribution in [0.15, 0.2) is 24.3 Å². The first-order valence-corrected chi connectivity index (χ1v) is 8.37. The van der Waals surface area contributed by atoms with Crippen molar-refractivity contribution in [3.8, 4) is 0 Å². The molecule has 0 bridgehead atoms. The van der Waals surface area contributed by atoms with Crippen molar-refractivity contribution in [1.29, 1.82) is 0 Å². The largest absolute Gasteiger partial charge is 0.384 e. The van der Waals surface area contributed by atoms with Crippen molar-refractivity contribution < 1.29 is 18.6 Å². The van der Waals surface area contributed by atoms with Crippen LogP contribution in [0, 0.1) is 11.7 Å². The standard InChI is InChI=1S/C18H26FNO3/c1-21-12-13-4-9-16(20-15-7-5-14(19)6-8-15)18(22-2)10-3-11-23-17(13)18/h5-8,13,16-17,20H,3-4,9-12H2,1-2H3/t13-,16-,17?,18?/m1/s1. The minimum Gasteiger partial charge on any atom is -0.384 e. The first-order valence-electron chi connectivity index (χ1n) is 8.37. The summed E-state index contributed by atoms with van der Waals surface area (Å²) in [5.74, 6) is 0.131. The SMILES string of the molecule is COC[C@H]1CC[C@@H](Nc2ccc(F)cc2)C2(OC)CCCOC12. The van der Waals surface area contributed by atoms with Crippen molar-refractivity contribution in [3.63, 3.8) is 0 Å². The molecule has 0 radical (unpaired) electrons. The van der Waals surface area contributed by atoms with Gasteiger partial charge in [-0.25, -0.2) is 4.39 Å². The van der Waals surface area contributed by atoms with Crippen LogP contribution in [-0.2, 0) is 14.2 Å². The van der Waals surface area contributed by atoms with Crippen molar-refractivity contribution in [2.75, 3.05) is 32.8 Å². The molecule has 1 aliphatic carbocycles. The molecule has 3 rings (SSSR count). The predicted molar refractivity (Wildman–Crippen MR) is 87.1 cm³/mol. The van der Waals surface area contributed by atoms with Gasteiger partial charge in [0.05, 0.1) is 18.8 Å². The van der Waals surface area contributed by atoms with E-state index in [-0.39, 0.29) is 23.6 Å². The molecule has 0 amide bonds. The molecule has 0 aromatic heterocycles. The second-order valence-corrected chi connectivity index (χ2v) is 6.55. The Bertz CT molecular complexity index is 509. The quantitative estimate of drug-likeness (QED) is 0.903. The zero-order valence-electron chi connectivity index (χ0n) is 13.9. The fraction of sp³-hybridized carbons (Fsp3) is 0.667. The van der Waals surface area contributed by atoms with Gasteiger partial charge in [0.2, 0.25) is 0 Å². The Balaban J connectivity index is 1.83. The minimum atomic E-state index is -0.353. The lowest BCUT2D eigenvalue weighted by atomic mass is 9.69. The first kappa shape index (κ1) is 16.7. The summed E-state index contributed by atoms with van der Waals surface area (Å²) in [6, 6.07) is 6.66. The Hall–Kier alpha value is -1.17. The fourth-order valence-corrected chi connectivity index (χ4v) is 4.21. The summed E-state index contributed by atoms with van der Waals surface area (Å²) in [6.45, 7) is 1.47. The van der Waals surface area contributed by atoms with Crippen molar-refractivity contribution in [2.24, 2.45) is 5.92 Å². The van der Waals surface area contributed by atoms with Gasteiger partial charge in [-0.3, -0.25) is 0 Å². The third kappa shape index (κ3) is 3.23. The number of ether oxygens (including phenoxy) is 3. The molecule has 128 valence electrons. The summed E-state index contributed by atoms with van der Waals surface area (Å²) in [6.07, 6.45) is 4.01. The molecule has 2 fully saturated rings. The van der Waals surface area contributed by atoms with Gasteiger partial charge in [0.15, 0.2) is 0 Å². The highest BCUT2D eigenvalue weighted by Crippen LogP contribution is 2.44. The van der Waals surface area contributed by atoms with E-state index in [1.807, 2.05) is 0 Å². The van der Waals surface area contributed by atoms with Crippen LogP contribution in [0.2, 0.25) is 0 Å². The molecule has 1 saturated heterocycles. The summed E-state index contributed by atoms with van der Waals surface area (Å²) in [5.41, 5.74) is 0.566. The fourth-order valence-electron chi connectivity index (χ4n) is 4.21. The van der Waals surface area contributed by atoms with Crippen LogP contribution in [0.3, 0.4) is 0 Å². The normalized spacial score (nSPS) is 34.0. The number of anilines is 1. The lowest BCUT2D eigenvalue weighted by Gasteiger charge is -2.54. The van der Waals surface area contributed by atoms with Crippen LogP contribution in [-0.4, -0.2) is 45.2 Å². The number of hydrogen-bond acceptors (Lipinski definition) is 4. The molecule has 4 nitrogen and oxygen atoms in total. The molecule has 1 heterocycles. The Morgan fingerprint density at radius 3 is 2.74 bits per heavy atom. The molecule has 1 saturated carbocycles. The Kier molecular flexibility index (Phi) is 5.19. The first-order chi connectivity index (χ1) is 11.2. The number of hydrogen-bond donors (Lipinski definition) is 1. The van der Waals surface area contributed by atoms with Crippen LogP contribution in [0.1, 0.15) is 25.7 Å². The lowest BCUT2D eigenvalue weighted by molar-refractivity contribution is -0.210. The third-order valence-electron chi connectivity index (χ3n) is 5.28. The van der Waals surface area contributed by atoms with E-state index >= 15 is 0 Å². The molecule has 4 atom stereocenters. The molecular formula is C18H26FNO3. The molecule has 1 aliphatic heterocycles. The number of nitrogens with one attached hydrogen (secondary N) is 1. The molecule has 2 aliphatic rings. The summed E-state index contributed by atoms with van der Waals surface area (Å²) in [4.78, 5) is 0. The van der Waals surface area contributed by atoms with E-state index in [2.05, 4.69) is 5.32 Å². The molecule has 1 aromatic rings. The van der Waals surface area contributed by atoms with Gasteiger partial charge in [0, 0.05) is 32.4 Å². The second kappa shape index (κ2) is 7.16. The maximum absolute atomic E-state index is 13.1. The Morgan fingerprint density at radius 1 is 1.26 bits per heavy atom. The van der Waals surface area contributed by atoms with Crippen molar-refractivity contribution in [1.82, 2.24) is 0 Å². The van der Waals surface area contributed by atoms with Gasteiger partial charge in [0.1, 0.15) is 11.4 Å². The van der Waals surface area contributed by atoms with Gasteiger partial charge in [-0.2, -0.15) is 0 Å². The zero-order valence-corrected chi connectivity index (χ0v) is 13.9. The number of halogens is 1. The summed E-state index contributed by atoms with van der Waals surface area (Å²) in [5, 5.41) is 3.55. The number of methoxy groups -OCH3 is 2. The number of rotatable bonds is 5. The van der Waals surface area contributed by atoms with Crippen LogP contribution < -0.4 is 5.32 Å². The third-order valence-corrected chi connectivity index (χ3v) is 5.28. The smallest absolute Gasteiger partial charge is 0.123 e. The molecule has 5 heteroatoms. The zero-order chi connectivity index (χ0) is 16.3. The van der Waals surface area contributed by atoms with Crippen LogP contribution in [0.25, 0.3) is 0 Å². The summed E-state index contributed by atoms with van der Waals surface area (Å²) >= 11 is 0. The highest BCUT2D eigenvalue weighted by molar-refractivity contribution is 5.45. The van der Waals surface area contributed by atoms with E-state index < -0.39 is 0 Å². The monoisotopic (exact) mass is 323 g/mol. The number of benzene rings is 1. The Morgan fingerprint density at radius 2 is 2.04 bits per heavy atom. The average Bonchev–Trinajstić information content (AvgIpc) is 2.59. The van der Waals surface area contributed by atoms with Crippen LogP contribution >= 0.6 is 0 Å². The van der Waals surface area contributed by atoms with E-state index in [1.165, 1.54) is 12.1 Å². The van der Waals surface area contributed by atoms with Gasteiger partial charge in [0.25, 0.3) is 0 Å². The maximum atomic E-state index is 13.1. The molecule has 0 spiro atoms. The van der Waals surface area contributed by atoms with E-state index in [9.17, 15) is 4.39 Å². The predicted octanol–water partition coefficient (Wildman–Crippen LogP) is 3.23. The molecule has 2 unspecified atom stereocenters. The van der Waals surface area contributed by atoms with E-state index in [0.29, 0.717) is 12.5 Å². The van der Waals surface area contributed by atoms with Gasteiger partial charge < -0.3 is 19.5 Å². The average molecular weight is 323 g/mol. The Labute approximate surface area is 137 Å². The van der Waals surface area contributed by atoms with Crippen LogP contribution in [0.4, 0.5) is 10.1 Å². The van der Waals surface area contributed by atoms with Crippen molar-refractivity contribution in [3.05, 3.63) is 30.1 Å². The molecule has 23 heavy (non-hydrogen) atoms. The van der Waals surface area contributed by atoms with E-state index in [4.69, 9.17) is 14.2 Å². The highest BCUT2D eigenvalue weighted by Gasteiger charge is 2.54. The van der Waals surface area contributed by atoms with Crippen LogP contribution in [0.5, 0.6) is 0 Å². The van der Waals surface area contributed by atoms with E-state index in [0.717, 1.165) is 38.0 Å². The van der Waals surface area contributed by atoms with Gasteiger partial charge in [-0.15, -0.1) is 0 Å². The van der Waals surface area contributed by atoms with E-state index in [1.54, 1.807) is 26.4 Å². The second-order valence-electron chi connectivity index (χ2n) is 6.55. The highest BCUT2D eigenvalue weighted by atomic mass is 19.1. The molecule has 1 N–H and O–H groups in total. The summed E-state index contributed by atoms with van der Waals surface area (Å²) < 4.78 is 30.7. The molecule has 1 aromatic carbocycles. The van der Waals surface area contributed by atoms with Gasteiger partial charge >= 0.3 is 0 Å². The summed E-state index contributed by atoms with van der Waals surface area (Å²) in [7, 11) is 3.51. The molecular weight excluding hydrogens is 297 g/mol. The maximum Gasteiger partial charge on any atom is 0.123 e. The number of fused-ring (bicyclic) bond motifs is 1.